The third-order valence-electron chi connectivity index (χ3n) is 3.63. The Bertz CT molecular complexity index is 468. The molecular weight excluding hydrogens is 234 g/mol. The van der Waals surface area contributed by atoms with Gasteiger partial charge in [0.2, 0.25) is 0 Å². The quantitative estimate of drug-likeness (QED) is 0.882. The van der Waals surface area contributed by atoms with E-state index in [1.54, 1.807) is 0 Å². The van der Waals surface area contributed by atoms with E-state index in [9.17, 15) is 5.11 Å². The molecule has 2 nitrogen and oxygen atoms in total. The lowest BCUT2D eigenvalue weighted by molar-refractivity contribution is 0.0353. The molecule has 2 aromatic carbocycles. The molecule has 0 aliphatic heterocycles. The zero-order valence-electron chi connectivity index (χ0n) is 11.5. The Labute approximate surface area is 114 Å². The summed E-state index contributed by atoms with van der Waals surface area (Å²) in [5.74, 6) is 0.172. The van der Waals surface area contributed by atoms with E-state index in [2.05, 4.69) is 0 Å². The monoisotopic (exact) mass is 255 g/mol. The highest BCUT2D eigenvalue weighted by molar-refractivity contribution is 5.38. The van der Waals surface area contributed by atoms with E-state index in [1.807, 2.05) is 74.5 Å². The lowest BCUT2D eigenvalue weighted by Crippen LogP contribution is -2.49. The molecule has 0 aliphatic rings. The maximum absolute atomic E-state index is 11.3. The van der Waals surface area contributed by atoms with Crippen LogP contribution in [-0.2, 0) is 5.60 Å². The van der Waals surface area contributed by atoms with Crippen LogP contribution in [0.25, 0.3) is 0 Å². The van der Waals surface area contributed by atoms with E-state index in [4.69, 9.17) is 5.73 Å². The third kappa shape index (κ3) is 2.55. The Kier molecular flexibility index (Phi) is 4.03. The number of benzene rings is 2. The maximum atomic E-state index is 11.3. The molecule has 0 fully saturated rings. The summed E-state index contributed by atoms with van der Waals surface area (Å²) in [5, 5.41) is 11.3. The van der Waals surface area contributed by atoms with Crippen LogP contribution in [0.2, 0.25) is 0 Å². The van der Waals surface area contributed by atoms with Gasteiger partial charge in [0.1, 0.15) is 5.60 Å². The SMILES string of the molecule is CC(C)C(N)C(O)(c1ccccc1)c1ccccc1. The van der Waals surface area contributed by atoms with Crippen LogP contribution in [0.1, 0.15) is 25.0 Å². The van der Waals surface area contributed by atoms with Crippen LogP contribution in [0.15, 0.2) is 60.7 Å². The third-order valence-corrected chi connectivity index (χ3v) is 3.63. The van der Waals surface area contributed by atoms with Gasteiger partial charge in [0, 0.05) is 6.04 Å². The lowest BCUT2D eigenvalue weighted by atomic mass is 9.76. The van der Waals surface area contributed by atoms with Crippen LogP contribution in [-0.4, -0.2) is 11.1 Å². The number of hydrogen-bond donors (Lipinski definition) is 2. The molecule has 0 heterocycles. The van der Waals surface area contributed by atoms with Crippen LogP contribution in [0.3, 0.4) is 0 Å². The van der Waals surface area contributed by atoms with Crippen molar-refractivity contribution >= 4 is 0 Å². The van der Waals surface area contributed by atoms with Gasteiger partial charge in [0.25, 0.3) is 0 Å². The van der Waals surface area contributed by atoms with Crippen molar-refractivity contribution in [2.75, 3.05) is 0 Å². The molecule has 2 heteroatoms. The summed E-state index contributed by atoms with van der Waals surface area (Å²) in [7, 11) is 0. The molecule has 0 amide bonds. The molecule has 3 N–H and O–H groups in total. The van der Waals surface area contributed by atoms with E-state index in [0.29, 0.717) is 0 Å². The van der Waals surface area contributed by atoms with E-state index in [-0.39, 0.29) is 12.0 Å². The van der Waals surface area contributed by atoms with Gasteiger partial charge in [-0.1, -0.05) is 74.5 Å². The van der Waals surface area contributed by atoms with E-state index < -0.39 is 5.60 Å². The van der Waals surface area contributed by atoms with Gasteiger partial charge in [-0.05, 0) is 17.0 Å². The van der Waals surface area contributed by atoms with Gasteiger partial charge in [-0.2, -0.15) is 0 Å². The van der Waals surface area contributed by atoms with Crippen LogP contribution in [0.5, 0.6) is 0 Å². The number of nitrogens with two attached hydrogens (primary N) is 1. The predicted molar refractivity (Wildman–Crippen MR) is 78.7 cm³/mol. The second-order valence-electron chi connectivity index (χ2n) is 5.27. The van der Waals surface area contributed by atoms with Crippen molar-refractivity contribution in [2.24, 2.45) is 11.7 Å². The van der Waals surface area contributed by atoms with Gasteiger partial charge in [0.05, 0.1) is 0 Å². The van der Waals surface area contributed by atoms with Gasteiger partial charge < -0.3 is 10.8 Å². The average Bonchev–Trinajstić information content (AvgIpc) is 2.47. The number of aliphatic hydroxyl groups is 1. The Morgan fingerprint density at radius 1 is 0.842 bits per heavy atom. The summed E-state index contributed by atoms with van der Waals surface area (Å²) in [6.45, 7) is 4.06. The number of rotatable bonds is 4. The van der Waals surface area contributed by atoms with Crippen LogP contribution in [0, 0.1) is 5.92 Å². The zero-order chi connectivity index (χ0) is 13.9. The van der Waals surface area contributed by atoms with Crippen molar-refractivity contribution in [1.82, 2.24) is 0 Å². The number of hydrogen-bond acceptors (Lipinski definition) is 2. The summed E-state index contributed by atoms with van der Waals surface area (Å²) < 4.78 is 0. The van der Waals surface area contributed by atoms with E-state index >= 15 is 0 Å². The molecule has 0 radical (unpaired) electrons. The van der Waals surface area contributed by atoms with Gasteiger partial charge in [-0.25, -0.2) is 0 Å². The Balaban J connectivity index is 2.57. The molecule has 100 valence electrons. The van der Waals surface area contributed by atoms with Gasteiger partial charge >= 0.3 is 0 Å². The summed E-state index contributed by atoms with van der Waals surface area (Å²) in [6, 6.07) is 18.9. The fourth-order valence-electron chi connectivity index (χ4n) is 2.42. The minimum absolute atomic E-state index is 0.172. The van der Waals surface area contributed by atoms with Crippen molar-refractivity contribution in [3.63, 3.8) is 0 Å². The molecule has 0 aromatic heterocycles. The van der Waals surface area contributed by atoms with Gasteiger partial charge in [-0.3, -0.25) is 0 Å². The summed E-state index contributed by atoms with van der Waals surface area (Å²) in [4.78, 5) is 0. The molecule has 0 spiro atoms. The van der Waals surface area contributed by atoms with E-state index in [1.165, 1.54) is 0 Å². The molecule has 0 aliphatic carbocycles. The normalized spacial score (nSPS) is 13.5. The first-order chi connectivity index (χ1) is 9.06. The fraction of sp³-hybridized carbons (Fsp3) is 0.294. The molecule has 0 saturated heterocycles. The molecule has 1 unspecified atom stereocenters. The summed E-state index contributed by atoms with van der Waals surface area (Å²) in [5.41, 5.74) is 6.82. The molecule has 0 saturated carbocycles. The van der Waals surface area contributed by atoms with Gasteiger partial charge in [0.15, 0.2) is 0 Å². The maximum Gasteiger partial charge on any atom is 0.130 e. The van der Waals surface area contributed by atoms with Crippen molar-refractivity contribution in [2.45, 2.75) is 25.5 Å². The topological polar surface area (TPSA) is 46.2 Å². The first-order valence-electron chi connectivity index (χ1n) is 6.66. The smallest absolute Gasteiger partial charge is 0.130 e. The van der Waals surface area contributed by atoms with Crippen LogP contribution in [0.4, 0.5) is 0 Å². The molecule has 0 bridgehead atoms. The zero-order valence-corrected chi connectivity index (χ0v) is 11.5. The minimum Gasteiger partial charge on any atom is -0.379 e. The van der Waals surface area contributed by atoms with Gasteiger partial charge in [-0.15, -0.1) is 0 Å². The lowest BCUT2D eigenvalue weighted by Gasteiger charge is -2.37. The second kappa shape index (κ2) is 5.55. The van der Waals surface area contributed by atoms with E-state index in [0.717, 1.165) is 11.1 Å². The minimum atomic E-state index is -1.16. The highest BCUT2D eigenvalue weighted by Gasteiger charge is 2.39. The first kappa shape index (κ1) is 13.8. The standard InChI is InChI=1S/C17H21NO/c1-13(2)16(18)17(19,14-9-5-3-6-10-14)15-11-7-4-8-12-15/h3-13,16,19H,18H2,1-2H3. The summed E-state index contributed by atoms with van der Waals surface area (Å²) >= 11 is 0. The molecular formula is C17H21NO. The first-order valence-corrected chi connectivity index (χ1v) is 6.66. The molecule has 1 atom stereocenters. The average molecular weight is 255 g/mol. The second-order valence-corrected chi connectivity index (χ2v) is 5.27. The fourth-order valence-corrected chi connectivity index (χ4v) is 2.42. The molecule has 2 rings (SSSR count). The molecule has 19 heavy (non-hydrogen) atoms. The highest BCUT2D eigenvalue weighted by Crippen LogP contribution is 2.34. The van der Waals surface area contributed by atoms with Crippen molar-refractivity contribution in [3.8, 4) is 0 Å². The van der Waals surface area contributed by atoms with Crippen LogP contribution >= 0.6 is 0 Å². The van der Waals surface area contributed by atoms with Crippen molar-refractivity contribution in [3.05, 3.63) is 71.8 Å². The van der Waals surface area contributed by atoms with Crippen molar-refractivity contribution in [1.29, 1.82) is 0 Å². The molecule has 2 aromatic rings. The Hall–Kier alpha value is -1.64. The Morgan fingerprint density at radius 3 is 1.53 bits per heavy atom. The van der Waals surface area contributed by atoms with Crippen molar-refractivity contribution < 1.29 is 5.11 Å². The largest absolute Gasteiger partial charge is 0.379 e. The predicted octanol–water partition coefficient (Wildman–Crippen LogP) is 2.91. The summed E-state index contributed by atoms with van der Waals surface area (Å²) in [6.07, 6.45) is 0. The van der Waals surface area contributed by atoms with Crippen LogP contribution < -0.4 is 5.73 Å². The Morgan fingerprint density at radius 2 is 1.21 bits per heavy atom. The highest BCUT2D eigenvalue weighted by atomic mass is 16.3.